The number of halogens is 3. The Kier molecular flexibility index (Phi) is 41.9. The first kappa shape index (κ1) is 25.7. The standard InChI is InChI=1S/Bi.3HIO2Se/c;3*1-4(2)3/h;3*(H,2,3)/q+3;;;/p-3. The molecule has 0 fully saturated rings. The van der Waals surface area contributed by atoms with Gasteiger partial charge in [0, 0.05) is 0 Å². The predicted octanol–water partition coefficient (Wildman–Crippen LogP) is -2.79. The van der Waals surface area contributed by atoms with Gasteiger partial charge in [0.25, 0.3) is 0 Å². The fourth-order valence-electron chi connectivity index (χ4n) is 0. The summed E-state index contributed by atoms with van der Waals surface area (Å²) in [5.74, 6) is 0. The van der Waals surface area contributed by atoms with Gasteiger partial charge in [-0.05, 0) is 0 Å². The number of hydrogen-bond donors (Lipinski definition) is 0. The molecule has 0 aliphatic heterocycles. The minimum atomic E-state index is -2.57. The molecule has 0 aromatic rings. The summed E-state index contributed by atoms with van der Waals surface area (Å²) in [4.78, 5) is 0. The van der Waals surface area contributed by atoms with Crippen molar-refractivity contribution in [1.82, 2.24) is 0 Å². The summed E-state index contributed by atoms with van der Waals surface area (Å²) in [5, 5.41) is 0. The van der Waals surface area contributed by atoms with Crippen molar-refractivity contribution in [3.8, 4) is 0 Å². The van der Waals surface area contributed by atoms with Gasteiger partial charge in [0.05, 0.1) is 0 Å². The molecule has 13 heteroatoms. The number of rotatable bonds is 0. The molecule has 0 aliphatic rings. The van der Waals surface area contributed by atoms with Gasteiger partial charge >= 0.3 is 144 Å². The van der Waals surface area contributed by atoms with E-state index in [-0.39, 0.29) is 26.2 Å². The van der Waals surface area contributed by atoms with Crippen molar-refractivity contribution in [2.45, 2.75) is 0 Å². The third-order valence-electron chi connectivity index (χ3n) is 0. The molecule has 0 aromatic heterocycles. The van der Waals surface area contributed by atoms with Crippen LogP contribution in [-0.4, -0.2) is 58.9 Å². The van der Waals surface area contributed by atoms with Crippen molar-refractivity contribution in [3.63, 3.8) is 0 Å². The molecule has 0 N–H and O–H groups in total. The van der Waals surface area contributed by atoms with Gasteiger partial charge in [-0.25, -0.2) is 0 Å². The Hall–Kier alpha value is 3.91. The van der Waals surface area contributed by atoms with Gasteiger partial charge in [0.15, 0.2) is 0 Å². The Balaban J connectivity index is -0.0000000450. The first-order chi connectivity index (χ1) is 5.20. The van der Waals surface area contributed by atoms with Gasteiger partial charge in [-0.2, -0.15) is 0 Å². The maximum absolute atomic E-state index is 9.08. The van der Waals surface area contributed by atoms with Crippen LogP contribution in [0.3, 0.4) is 0 Å². The molecule has 0 saturated heterocycles. The summed E-state index contributed by atoms with van der Waals surface area (Å²) in [6, 6.07) is 0. The Morgan fingerprint density at radius 1 is 0.692 bits per heavy atom. The molecule has 3 unspecified atom stereocenters. The minimum absolute atomic E-state index is 0. The van der Waals surface area contributed by atoms with Crippen molar-refractivity contribution in [2.75, 3.05) is 0 Å². The Morgan fingerprint density at radius 2 is 0.692 bits per heavy atom. The van der Waals surface area contributed by atoms with E-state index >= 15 is 0 Å². The van der Waals surface area contributed by atoms with E-state index in [1.165, 1.54) is 61.0 Å². The van der Waals surface area contributed by atoms with Crippen LogP contribution in [0.2, 0.25) is 0 Å². The third kappa shape index (κ3) is 201. The zero-order valence-corrected chi connectivity index (χ0v) is 20.3. The third-order valence-corrected chi connectivity index (χ3v) is 0. The molecule has 0 aliphatic carbocycles. The summed E-state index contributed by atoms with van der Waals surface area (Å²) in [5.41, 5.74) is 0. The molecule has 6 nitrogen and oxygen atoms in total. The second-order valence-corrected chi connectivity index (χ2v) is 14.2. The van der Waals surface area contributed by atoms with Crippen LogP contribution in [0.15, 0.2) is 0 Å². The summed E-state index contributed by atoms with van der Waals surface area (Å²) in [6.45, 7) is 0. The van der Waals surface area contributed by atoms with E-state index in [1.807, 2.05) is 0 Å². The van der Waals surface area contributed by atoms with Crippen LogP contribution in [0.5, 0.6) is 0 Å². The molecule has 80 valence electrons. The van der Waals surface area contributed by atoms with E-state index in [0.29, 0.717) is 0 Å². The Labute approximate surface area is 141 Å². The first-order valence-electron chi connectivity index (χ1n) is 1.46. The smallest absolute Gasteiger partial charge is 3.00 e. The molecule has 0 rings (SSSR count). The SMILES string of the molecule is O=[Se]([O-])I.O=[Se]([O-])I.O=[Se]([O-])I.[Bi+3]. The molecule has 0 aromatic carbocycles. The van der Waals surface area contributed by atoms with Crippen molar-refractivity contribution < 1.29 is 24.1 Å². The predicted molar refractivity (Wildman–Crippen MR) is 67.1 cm³/mol. The molecule has 0 spiro atoms. The van der Waals surface area contributed by atoms with Crippen molar-refractivity contribution in [3.05, 3.63) is 0 Å². The molecule has 2 radical (unpaired) electrons. The normalized spacial score (nSPS) is 14.3. The largest absolute Gasteiger partial charge is 3.00 e. The van der Waals surface area contributed by atoms with Gasteiger partial charge in [0.2, 0.25) is 0 Å². The monoisotopic (exact) mass is 925 g/mol. The maximum atomic E-state index is 9.08. The minimum Gasteiger partial charge on any atom is 3.00 e. The van der Waals surface area contributed by atoms with Crippen molar-refractivity contribution in [1.29, 1.82) is 0 Å². The average molecular weight is 923 g/mol. The second kappa shape index (κ2) is 21.2. The fourth-order valence-corrected chi connectivity index (χ4v) is 0. The van der Waals surface area contributed by atoms with E-state index < -0.39 is 32.7 Å². The zero-order chi connectivity index (χ0) is 10.7. The van der Waals surface area contributed by atoms with Crippen LogP contribution in [0.1, 0.15) is 0 Å². The van der Waals surface area contributed by atoms with E-state index in [1.54, 1.807) is 0 Å². The molecular formula is BiI3O6Se3. The van der Waals surface area contributed by atoms with Gasteiger partial charge in [-0.3, -0.25) is 0 Å². The Bertz CT molecular complexity index is 121. The maximum Gasteiger partial charge on any atom is 3.00 e. The van der Waals surface area contributed by atoms with Crippen LogP contribution < -0.4 is 12.6 Å². The molecule has 3 atom stereocenters. The summed E-state index contributed by atoms with van der Waals surface area (Å²) in [7, 11) is -7.72. The quantitative estimate of drug-likeness (QED) is 0.192. The van der Waals surface area contributed by atoms with E-state index in [4.69, 9.17) is 24.1 Å². The second-order valence-electron chi connectivity index (χ2n) is 0.582. The topological polar surface area (TPSA) is 120 Å². The van der Waals surface area contributed by atoms with Crippen LogP contribution in [0.25, 0.3) is 0 Å². The Morgan fingerprint density at radius 3 is 0.692 bits per heavy atom. The summed E-state index contributed by atoms with van der Waals surface area (Å²) < 4.78 is 54.5. The molecular weight excluding hydrogens is 923 g/mol. The van der Waals surface area contributed by atoms with Gasteiger partial charge in [-0.1, -0.05) is 0 Å². The van der Waals surface area contributed by atoms with Gasteiger partial charge in [-0.15, -0.1) is 0 Å². The van der Waals surface area contributed by atoms with Gasteiger partial charge in [0.1, 0.15) is 0 Å². The summed E-state index contributed by atoms with van der Waals surface area (Å²) >= 11 is 4.07. The van der Waals surface area contributed by atoms with E-state index in [0.717, 1.165) is 0 Å². The summed E-state index contributed by atoms with van der Waals surface area (Å²) in [6.07, 6.45) is 0. The van der Waals surface area contributed by atoms with Crippen LogP contribution in [0, 0.1) is 0 Å². The van der Waals surface area contributed by atoms with Crippen LogP contribution >= 0.6 is 61.0 Å². The van der Waals surface area contributed by atoms with Crippen molar-refractivity contribution >= 4 is 120 Å². The van der Waals surface area contributed by atoms with Gasteiger partial charge < -0.3 is 0 Å². The molecule has 13 heavy (non-hydrogen) atoms. The molecule has 0 heterocycles. The molecule has 0 saturated carbocycles. The fraction of sp³-hybridized carbons (Fsp3) is 0. The number of hydrogen-bond acceptors (Lipinski definition) is 6. The van der Waals surface area contributed by atoms with E-state index in [2.05, 4.69) is 0 Å². The van der Waals surface area contributed by atoms with Crippen LogP contribution in [-0.2, 0) is 11.5 Å². The van der Waals surface area contributed by atoms with E-state index in [9.17, 15) is 0 Å². The average Bonchev–Trinajstić information content (AvgIpc) is 1.54. The molecule has 0 bridgehead atoms. The zero-order valence-electron chi connectivity index (χ0n) is 5.26. The first-order valence-corrected chi connectivity index (χ1v) is 21.3. The molecule has 0 amide bonds. The van der Waals surface area contributed by atoms with Crippen LogP contribution in [0.4, 0.5) is 0 Å². The van der Waals surface area contributed by atoms with Crippen molar-refractivity contribution in [2.24, 2.45) is 0 Å².